The van der Waals surface area contributed by atoms with Crippen LogP contribution in [0.5, 0.6) is 0 Å². The van der Waals surface area contributed by atoms with Crippen molar-refractivity contribution in [2.24, 2.45) is 5.92 Å². The van der Waals surface area contributed by atoms with E-state index in [-0.39, 0.29) is 23.3 Å². The predicted octanol–water partition coefficient (Wildman–Crippen LogP) is 2.01. The number of imidazole rings is 1. The molecule has 0 radical (unpaired) electrons. The summed E-state index contributed by atoms with van der Waals surface area (Å²) >= 11 is 0. The molecule has 0 spiro atoms. The van der Waals surface area contributed by atoms with E-state index in [0.717, 1.165) is 57.3 Å². The topological polar surface area (TPSA) is 131 Å². The maximum Gasteiger partial charge on any atom is 0.291 e. The third-order valence-corrected chi connectivity index (χ3v) is 7.60. The molecule has 1 amide bonds. The molecule has 1 unspecified atom stereocenters. The maximum absolute atomic E-state index is 13.0. The lowest BCUT2D eigenvalue weighted by Gasteiger charge is -2.44. The molecular formula is C24H32N6O3S. The molecule has 1 atom stereocenters. The number of hydrogen-bond donors (Lipinski definition) is 3. The van der Waals surface area contributed by atoms with Crippen LogP contribution in [0.1, 0.15) is 54.8 Å². The lowest BCUT2D eigenvalue weighted by molar-refractivity contribution is 0.0948. The fourth-order valence-corrected chi connectivity index (χ4v) is 5.52. The lowest BCUT2D eigenvalue weighted by Crippen LogP contribution is -2.48. The summed E-state index contributed by atoms with van der Waals surface area (Å²) in [6.07, 6.45) is 14.9. The van der Waals surface area contributed by atoms with Gasteiger partial charge in [0.1, 0.15) is 21.6 Å². The fraction of sp³-hybridized carbons (Fsp3) is 0.542. The van der Waals surface area contributed by atoms with Crippen LogP contribution >= 0.6 is 0 Å². The number of rotatable bonds is 7. The highest BCUT2D eigenvalue weighted by atomic mass is 32.2. The van der Waals surface area contributed by atoms with E-state index in [1.54, 1.807) is 0 Å². The van der Waals surface area contributed by atoms with Crippen LogP contribution in [-0.2, 0) is 9.84 Å². The van der Waals surface area contributed by atoms with Gasteiger partial charge >= 0.3 is 0 Å². The molecule has 182 valence electrons. The van der Waals surface area contributed by atoms with Crippen molar-refractivity contribution in [3.05, 3.63) is 52.9 Å². The molecule has 34 heavy (non-hydrogen) atoms. The Hall–Kier alpha value is -2.90. The fourth-order valence-electron chi connectivity index (χ4n) is 4.99. The van der Waals surface area contributed by atoms with E-state index in [2.05, 4.69) is 31.6 Å². The number of carbonyl (C=O) groups excluding carboxylic acids is 1. The highest BCUT2D eigenvalue weighted by Gasteiger charge is 2.35. The number of amides is 1. The highest BCUT2D eigenvalue weighted by molar-refractivity contribution is 7.90. The van der Waals surface area contributed by atoms with Crippen molar-refractivity contribution in [1.29, 1.82) is 5.26 Å². The van der Waals surface area contributed by atoms with Gasteiger partial charge in [-0.1, -0.05) is 6.08 Å². The summed E-state index contributed by atoms with van der Waals surface area (Å²) < 4.78 is 24.2. The normalized spacial score (nSPS) is 21.8. The van der Waals surface area contributed by atoms with E-state index >= 15 is 0 Å². The molecule has 2 aliphatic heterocycles. The van der Waals surface area contributed by atoms with Gasteiger partial charge in [-0.15, -0.1) is 0 Å². The second-order valence-corrected chi connectivity index (χ2v) is 11.5. The summed E-state index contributed by atoms with van der Waals surface area (Å²) in [7, 11) is -3.17. The van der Waals surface area contributed by atoms with Crippen LogP contribution in [0.2, 0.25) is 0 Å². The minimum absolute atomic E-state index is 0.0457. The number of H-pyrrole nitrogens is 1. The zero-order valence-corrected chi connectivity index (χ0v) is 20.3. The molecule has 9 nitrogen and oxygen atoms in total. The molecule has 1 fully saturated rings. The third-order valence-electron chi connectivity index (χ3n) is 6.68. The number of hydrogen-bond acceptors (Lipinski definition) is 7. The van der Waals surface area contributed by atoms with Gasteiger partial charge in [0.25, 0.3) is 5.91 Å². The largest absolute Gasteiger partial charge is 0.361 e. The molecule has 3 heterocycles. The molecule has 4 rings (SSSR count). The summed E-state index contributed by atoms with van der Waals surface area (Å²) in [5.74, 6) is 0.0363. The molecule has 1 aromatic heterocycles. The number of nitrogens with one attached hydrogen (secondary N) is 3. The summed E-state index contributed by atoms with van der Waals surface area (Å²) in [5, 5.41) is 15.4. The minimum Gasteiger partial charge on any atom is -0.361 e. The van der Waals surface area contributed by atoms with Gasteiger partial charge in [-0.2, -0.15) is 5.26 Å². The molecule has 1 saturated heterocycles. The molecule has 1 aliphatic carbocycles. The van der Waals surface area contributed by atoms with Crippen LogP contribution in [0.4, 0.5) is 0 Å². The Balaban J connectivity index is 1.69. The number of sulfone groups is 1. The first kappa shape index (κ1) is 24.2. The molecule has 3 aliphatic rings. The summed E-state index contributed by atoms with van der Waals surface area (Å²) in [4.78, 5) is 21.9. The van der Waals surface area contributed by atoms with Crippen molar-refractivity contribution in [2.45, 2.75) is 44.6 Å². The number of aromatic nitrogens is 2. The number of nitriles is 1. The van der Waals surface area contributed by atoms with E-state index in [1.807, 2.05) is 18.2 Å². The summed E-state index contributed by atoms with van der Waals surface area (Å²) in [6.45, 7) is 2.23. The van der Waals surface area contributed by atoms with Gasteiger partial charge in [-0.05, 0) is 69.3 Å². The van der Waals surface area contributed by atoms with E-state index in [9.17, 15) is 13.2 Å². The van der Waals surface area contributed by atoms with Crippen LogP contribution in [0, 0.1) is 17.2 Å². The summed E-state index contributed by atoms with van der Waals surface area (Å²) in [5.41, 5.74) is 3.28. The predicted molar refractivity (Wildman–Crippen MR) is 129 cm³/mol. The van der Waals surface area contributed by atoms with Crippen LogP contribution in [0.15, 0.2) is 41.4 Å². The Labute approximate surface area is 200 Å². The van der Waals surface area contributed by atoms with E-state index < -0.39 is 15.7 Å². The first-order valence-corrected chi connectivity index (χ1v) is 13.9. The number of aromatic amines is 1. The standard InChI is InChI=1S/C24H32N6O3S/c1-34(32,33)14-13-30-21(17-9-11-26-12-10-17)8-7-20(22(30)18-5-3-2-4-6-18)29-24(31)23-27-16-19(15-25)28-23/h5,7-8,16-17,22,26H,2-4,6,9-14H2,1H3,(H,27,28)(H,29,31). The quantitative estimate of drug-likeness (QED) is 0.505. The molecule has 1 aromatic rings. The highest BCUT2D eigenvalue weighted by Crippen LogP contribution is 2.36. The average molecular weight is 485 g/mol. The zero-order valence-electron chi connectivity index (χ0n) is 19.5. The van der Waals surface area contributed by atoms with Gasteiger partial charge in [0.2, 0.25) is 0 Å². The van der Waals surface area contributed by atoms with Gasteiger partial charge in [0.15, 0.2) is 5.82 Å². The van der Waals surface area contributed by atoms with Crippen LogP contribution in [0.3, 0.4) is 0 Å². The van der Waals surface area contributed by atoms with Crippen LogP contribution in [0.25, 0.3) is 0 Å². The molecule has 0 aromatic carbocycles. The Kier molecular flexibility index (Phi) is 7.54. The Morgan fingerprint density at radius 3 is 2.74 bits per heavy atom. The number of piperidine rings is 1. The number of carbonyl (C=O) groups is 1. The van der Waals surface area contributed by atoms with Gasteiger partial charge in [0.05, 0.1) is 18.0 Å². The van der Waals surface area contributed by atoms with E-state index in [1.165, 1.54) is 18.0 Å². The van der Waals surface area contributed by atoms with Crippen molar-refractivity contribution in [2.75, 3.05) is 31.6 Å². The Morgan fingerprint density at radius 1 is 1.29 bits per heavy atom. The van der Waals surface area contributed by atoms with Gasteiger partial charge in [-0.25, -0.2) is 13.4 Å². The minimum atomic E-state index is -3.17. The Bertz CT molecular complexity index is 1150. The van der Waals surface area contributed by atoms with Crippen LogP contribution in [-0.4, -0.2) is 66.9 Å². The maximum atomic E-state index is 13.0. The molecular weight excluding hydrogens is 452 g/mol. The second kappa shape index (κ2) is 10.6. The average Bonchev–Trinajstić information content (AvgIpc) is 3.33. The lowest BCUT2D eigenvalue weighted by atomic mass is 9.85. The molecule has 0 saturated carbocycles. The third kappa shape index (κ3) is 5.77. The molecule has 0 bridgehead atoms. The molecule has 3 N–H and O–H groups in total. The smallest absolute Gasteiger partial charge is 0.291 e. The van der Waals surface area contributed by atoms with Crippen molar-refractivity contribution in [1.82, 2.24) is 25.5 Å². The van der Waals surface area contributed by atoms with E-state index in [0.29, 0.717) is 18.2 Å². The van der Waals surface area contributed by atoms with Crippen molar-refractivity contribution >= 4 is 15.7 Å². The first-order valence-electron chi connectivity index (χ1n) is 11.9. The van der Waals surface area contributed by atoms with Gasteiger partial charge < -0.3 is 20.5 Å². The monoisotopic (exact) mass is 484 g/mol. The van der Waals surface area contributed by atoms with Crippen molar-refractivity contribution < 1.29 is 13.2 Å². The van der Waals surface area contributed by atoms with Gasteiger partial charge in [0, 0.05) is 30.1 Å². The second-order valence-electron chi connectivity index (χ2n) is 9.20. The number of allylic oxidation sites excluding steroid dienone is 4. The van der Waals surface area contributed by atoms with Gasteiger partial charge in [-0.3, -0.25) is 4.79 Å². The zero-order chi connectivity index (χ0) is 24.1. The van der Waals surface area contributed by atoms with Crippen molar-refractivity contribution in [3.63, 3.8) is 0 Å². The Morgan fingerprint density at radius 2 is 2.09 bits per heavy atom. The van der Waals surface area contributed by atoms with E-state index in [4.69, 9.17) is 5.26 Å². The first-order chi connectivity index (χ1) is 16.4. The SMILES string of the molecule is CS(=O)(=O)CCN1C(C2CCNCC2)=CC=C(NC(=O)c2ncc(C#N)[nH]2)C1C1=CCCCC1. The molecule has 10 heteroatoms. The summed E-state index contributed by atoms with van der Waals surface area (Å²) in [6, 6.07) is 1.71. The number of nitrogens with zero attached hydrogens (tertiary/aromatic N) is 3. The van der Waals surface area contributed by atoms with Crippen molar-refractivity contribution in [3.8, 4) is 6.07 Å². The van der Waals surface area contributed by atoms with Crippen LogP contribution < -0.4 is 10.6 Å².